The number of anilines is 2. The highest BCUT2D eigenvalue weighted by molar-refractivity contribution is 5.82. The van der Waals surface area contributed by atoms with Gasteiger partial charge in [0.15, 0.2) is 0 Å². The Hall–Kier alpha value is -2.60. The van der Waals surface area contributed by atoms with Crippen molar-refractivity contribution in [1.82, 2.24) is 9.97 Å². The maximum atomic E-state index is 9.67. The van der Waals surface area contributed by atoms with Crippen molar-refractivity contribution in [2.75, 3.05) is 23.4 Å². The Bertz CT molecular complexity index is 923. The van der Waals surface area contributed by atoms with Crippen LogP contribution >= 0.6 is 0 Å². The molecule has 3 heterocycles. The maximum absolute atomic E-state index is 9.67. The fourth-order valence-corrected chi connectivity index (χ4v) is 3.97. The van der Waals surface area contributed by atoms with E-state index in [4.69, 9.17) is 4.42 Å². The zero-order valence-electron chi connectivity index (χ0n) is 15.9. The monoisotopic (exact) mass is 366 g/mol. The van der Waals surface area contributed by atoms with Crippen molar-refractivity contribution < 1.29 is 9.52 Å². The largest absolute Gasteiger partial charge is 0.459 e. The number of furan rings is 1. The molecule has 0 saturated carbocycles. The van der Waals surface area contributed by atoms with E-state index >= 15 is 0 Å². The Labute approximate surface area is 159 Å². The third-order valence-electron chi connectivity index (χ3n) is 5.42. The Morgan fingerprint density at radius 2 is 2.15 bits per heavy atom. The Kier molecular flexibility index (Phi) is 4.99. The molecule has 1 saturated heterocycles. The van der Waals surface area contributed by atoms with Gasteiger partial charge < -0.3 is 19.7 Å². The minimum atomic E-state index is -0.0184. The number of hydrogen-bond donors (Lipinski definition) is 2. The van der Waals surface area contributed by atoms with E-state index in [1.54, 1.807) is 6.33 Å². The quantitative estimate of drug-likeness (QED) is 0.709. The minimum Gasteiger partial charge on any atom is -0.459 e. The number of fused-ring (bicyclic) bond motifs is 1. The summed E-state index contributed by atoms with van der Waals surface area (Å²) in [5.41, 5.74) is 2.05. The first-order valence-electron chi connectivity index (χ1n) is 9.61. The molecule has 2 N–H and O–H groups in total. The molecule has 6 heteroatoms. The molecule has 0 spiro atoms. The zero-order chi connectivity index (χ0) is 18.8. The van der Waals surface area contributed by atoms with E-state index in [-0.39, 0.29) is 18.7 Å². The lowest BCUT2D eigenvalue weighted by molar-refractivity contribution is 0.239. The van der Waals surface area contributed by atoms with Gasteiger partial charge in [0.2, 0.25) is 0 Å². The van der Waals surface area contributed by atoms with Gasteiger partial charge in [-0.05, 0) is 39.2 Å². The molecule has 2 atom stereocenters. The van der Waals surface area contributed by atoms with Crippen LogP contribution in [0.4, 0.5) is 11.6 Å². The molecular weight excluding hydrogens is 340 g/mol. The topological polar surface area (TPSA) is 74.4 Å². The smallest absolute Gasteiger partial charge is 0.134 e. The molecule has 1 aliphatic rings. The Morgan fingerprint density at radius 1 is 1.30 bits per heavy atom. The van der Waals surface area contributed by atoms with Gasteiger partial charge in [0.05, 0.1) is 18.7 Å². The second kappa shape index (κ2) is 7.56. The summed E-state index contributed by atoms with van der Waals surface area (Å²) >= 11 is 0. The van der Waals surface area contributed by atoms with Gasteiger partial charge in [0.1, 0.15) is 29.3 Å². The van der Waals surface area contributed by atoms with Gasteiger partial charge in [0.25, 0.3) is 0 Å². The lowest BCUT2D eigenvalue weighted by atomic mass is 10.0. The molecule has 0 radical (unpaired) electrons. The van der Waals surface area contributed by atoms with Crippen molar-refractivity contribution in [3.63, 3.8) is 0 Å². The number of nitrogens with zero attached hydrogens (tertiary/aromatic N) is 3. The highest BCUT2D eigenvalue weighted by atomic mass is 16.3. The van der Waals surface area contributed by atoms with E-state index in [2.05, 4.69) is 40.1 Å². The molecule has 27 heavy (non-hydrogen) atoms. The van der Waals surface area contributed by atoms with E-state index in [9.17, 15) is 5.11 Å². The molecule has 0 aliphatic carbocycles. The molecule has 1 fully saturated rings. The number of piperidine rings is 1. The fraction of sp³-hybridized carbons (Fsp3) is 0.429. The van der Waals surface area contributed by atoms with Crippen LogP contribution in [0.15, 0.2) is 41.1 Å². The summed E-state index contributed by atoms with van der Waals surface area (Å²) in [5, 5.41) is 14.3. The van der Waals surface area contributed by atoms with Crippen LogP contribution in [0.25, 0.3) is 11.0 Å². The first-order valence-corrected chi connectivity index (χ1v) is 9.61. The van der Waals surface area contributed by atoms with Gasteiger partial charge in [-0.3, -0.25) is 0 Å². The summed E-state index contributed by atoms with van der Waals surface area (Å²) < 4.78 is 6.06. The summed E-state index contributed by atoms with van der Waals surface area (Å²) in [6.45, 7) is 5.23. The molecule has 3 aromatic rings. The van der Waals surface area contributed by atoms with Crippen LogP contribution < -0.4 is 10.2 Å². The summed E-state index contributed by atoms with van der Waals surface area (Å²) in [6, 6.07) is 10.2. The minimum absolute atomic E-state index is 0.0184. The van der Waals surface area contributed by atoms with Gasteiger partial charge in [0, 0.05) is 23.6 Å². The van der Waals surface area contributed by atoms with E-state index in [1.807, 2.05) is 24.3 Å². The number of rotatable bonds is 5. The molecule has 1 unspecified atom stereocenters. The average Bonchev–Trinajstić information content (AvgIpc) is 3.05. The molecule has 4 rings (SSSR count). The van der Waals surface area contributed by atoms with Crippen LogP contribution in [-0.2, 0) is 0 Å². The lowest BCUT2D eigenvalue weighted by Gasteiger charge is -2.35. The molecular formula is C21H26N4O2. The molecule has 0 amide bonds. The van der Waals surface area contributed by atoms with Crippen molar-refractivity contribution >= 4 is 22.6 Å². The first-order chi connectivity index (χ1) is 13.2. The fourth-order valence-electron chi connectivity index (χ4n) is 3.97. The number of para-hydroxylation sites is 1. The normalized spacial score (nSPS) is 18.6. The number of aromatic nitrogens is 2. The molecule has 2 aromatic heterocycles. The summed E-state index contributed by atoms with van der Waals surface area (Å²) in [5.74, 6) is 2.54. The van der Waals surface area contributed by atoms with Crippen molar-refractivity contribution in [3.8, 4) is 0 Å². The molecule has 6 nitrogen and oxygen atoms in total. The van der Waals surface area contributed by atoms with Crippen LogP contribution in [0.1, 0.15) is 43.6 Å². The summed E-state index contributed by atoms with van der Waals surface area (Å²) in [6.07, 6.45) is 4.86. The Morgan fingerprint density at radius 3 is 2.96 bits per heavy atom. The van der Waals surface area contributed by atoms with Crippen molar-refractivity contribution in [2.45, 2.75) is 45.2 Å². The van der Waals surface area contributed by atoms with E-state index in [0.29, 0.717) is 0 Å². The SMILES string of the molecule is Cc1c([C@@H](C)Nc2cc(N3CCCCC3CO)ncn2)oc2ccccc12. The second-order valence-electron chi connectivity index (χ2n) is 7.24. The zero-order valence-corrected chi connectivity index (χ0v) is 15.9. The third kappa shape index (κ3) is 3.49. The standard InChI is InChI=1S/C21H26N4O2/c1-14-17-8-3-4-9-18(17)27-21(14)15(2)24-19-11-20(23-13-22-19)25-10-6-5-7-16(25)12-26/h3-4,8-9,11,13,15-16,26H,5-7,10,12H2,1-2H3,(H,22,23,24)/t15-,16?/m1/s1. The third-order valence-corrected chi connectivity index (χ3v) is 5.42. The predicted octanol–water partition coefficient (Wildman–Crippen LogP) is 4.06. The van der Waals surface area contributed by atoms with Gasteiger partial charge >= 0.3 is 0 Å². The van der Waals surface area contributed by atoms with Crippen LogP contribution in [0.2, 0.25) is 0 Å². The van der Waals surface area contributed by atoms with Crippen LogP contribution in [0.3, 0.4) is 0 Å². The van der Waals surface area contributed by atoms with Gasteiger partial charge in [-0.1, -0.05) is 18.2 Å². The number of aliphatic hydroxyl groups is 1. The van der Waals surface area contributed by atoms with Crippen LogP contribution in [0.5, 0.6) is 0 Å². The summed E-state index contributed by atoms with van der Waals surface area (Å²) in [7, 11) is 0. The van der Waals surface area contributed by atoms with E-state index < -0.39 is 0 Å². The molecule has 0 bridgehead atoms. The van der Waals surface area contributed by atoms with Crippen LogP contribution in [0, 0.1) is 6.92 Å². The van der Waals surface area contributed by atoms with Crippen molar-refractivity contribution in [2.24, 2.45) is 0 Å². The van der Waals surface area contributed by atoms with E-state index in [1.165, 1.54) is 0 Å². The first kappa shape index (κ1) is 17.8. The van der Waals surface area contributed by atoms with Gasteiger partial charge in [-0.25, -0.2) is 9.97 Å². The Balaban J connectivity index is 1.56. The summed E-state index contributed by atoms with van der Waals surface area (Å²) in [4.78, 5) is 11.0. The van der Waals surface area contributed by atoms with Crippen LogP contribution in [-0.4, -0.2) is 34.3 Å². The highest BCUT2D eigenvalue weighted by Gasteiger charge is 2.23. The van der Waals surface area contributed by atoms with Crippen molar-refractivity contribution in [3.05, 3.63) is 48.0 Å². The average molecular weight is 366 g/mol. The molecule has 1 aromatic carbocycles. The van der Waals surface area contributed by atoms with Crippen molar-refractivity contribution in [1.29, 1.82) is 0 Å². The highest BCUT2D eigenvalue weighted by Crippen LogP contribution is 2.31. The number of aliphatic hydroxyl groups excluding tert-OH is 1. The molecule has 142 valence electrons. The lowest BCUT2D eigenvalue weighted by Crippen LogP contribution is -2.42. The predicted molar refractivity (Wildman–Crippen MR) is 107 cm³/mol. The second-order valence-corrected chi connectivity index (χ2v) is 7.24. The number of benzene rings is 1. The van der Waals surface area contributed by atoms with E-state index in [0.717, 1.165) is 59.7 Å². The number of nitrogens with one attached hydrogen (secondary N) is 1. The number of hydrogen-bond acceptors (Lipinski definition) is 6. The molecule has 1 aliphatic heterocycles. The van der Waals surface area contributed by atoms with Gasteiger partial charge in [-0.2, -0.15) is 0 Å². The maximum Gasteiger partial charge on any atom is 0.134 e. The number of aryl methyl sites for hydroxylation is 1. The van der Waals surface area contributed by atoms with Gasteiger partial charge in [-0.15, -0.1) is 0 Å².